The van der Waals surface area contributed by atoms with Crippen molar-refractivity contribution in [1.29, 1.82) is 0 Å². The number of thiophene rings is 2. The van der Waals surface area contributed by atoms with Gasteiger partial charge in [0.15, 0.2) is 0 Å². The van der Waals surface area contributed by atoms with E-state index in [-0.39, 0.29) is 0 Å². The Kier molecular flexibility index (Phi) is 10.4. The van der Waals surface area contributed by atoms with Gasteiger partial charge in [-0.05, 0) is 85.7 Å². The van der Waals surface area contributed by atoms with Gasteiger partial charge in [0.2, 0.25) is 0 Å². The van der Waals surface area contributed by atoms with E-state index in [0.717, 1.165) is 96.6 Å². The topological polar surface area (TPSA) is 36.9 Å². The van der Waals surface area contributed by atoms with Crippen LogP contribution in [0.2, 0.25) is 0 Å². The van der Waals surface area contributed by atoms with E-state index in [0.29, 0.717) is 26.4 Å². The van der Waals surface area contributed by atoms with Gasteiger partial charge in [0.1, 0.15) is 23.0 Å². The molecule has 4 aromatic rings. The molecule has 0 fully saturated rings. The molecule has 1 aliphatic heterocycles. The molecule has 2 aromatic heterocycles. The summed E-state index contributed by atoms with van der Waals surface area (Å²) in [6.07, 6.45) is 8.47. The summed E-state index contributed by atoms with van der Waals surface area (Å²) in [6.45, 7) is 7.15. The summed E-state index contributed by atoms with van der Waals surface area (Å²) in [5.41, 5.74) is 4.39. The SMILES string of the molecule is CCCCOc1cccc2c1-c1ccsc1-c1sccc1-c1c(OCCCC)cccc1OCCCCCCO2. The minimum atomic E-state index is 0.692. The molecule has 0 bridgehead atoms. The van der Waals surface area contributed by atoms with Gasteiger partial charge in [-0.1, -0.05) is 38.8 Å². The van der Waals surface area contributed by atoms with E-state index < -0.39 is 0 Å². The van der Waals surface area contributed by atoms with Crippen LogP contribution in [-0.2, 0) is 0 Å². The maximum absolute atomic E-state index is 6.44. The fourth-order valence-corrected chi connectivity index (χ4v) is 6.97. The number of ether oxygens (including phenoxy) is 4. The Labute approximate surface area is 246 Å². The third kappa shape index (κ3) is 6.67. The van der Waals surface area contributed by atoms with Crippen molar-refractivity contribution in [2.24, 2.45) is 0 Å². The number of fused-ring (bicyclic) bond motifs is 7. The number of rotatable bonds is 8. The van der Waals surface area contributed by atoms with Crippen LogP contribution in [0.4, 0.5) is 0 Å². The van der Waals surface area contributed by atoms with Crippen LogP contribution in [0.15, 0.2) is 59.3 Å². The molecule has 0 amide bonds. The van der Waals surface area contributed by atoms with E-state index in [2.05, 4.69) is 73.1 Å². The number of benzene rings is 2. The summed E-state index contributed by atoms with van der Waals surface area (Å²) < 4.78 is 25.6. The summed E-state index contributed by atoms with van der Waals surface area (Å²) in [7, 11) is 0. The Morgan fingerprint density at radius 2 is 1.10 bits per heavy atom. The van der Waals surface area contributed by atoms with Crippen LogP contribution in [0.3, 0.4) is 0 Å². The first-order valence-corrected chi connectivity index (χ1v) is 16.5. The van der Waals surface area contributed by atoms with Crippen molar-refractivity contribution >= 4 is 22.7 Å². The van der Waals surface area contributed by atoms with Crippen molar-refractivity contribution in [3.8, 4) is 55.0 Å². The lowest BCUT2D eigenvalue weighted by molar-refractivity contribution is 0.282. The van der Waals surface area contributed by atoms with Gasteiger partial charge < -0.3 is 18.9 Å². The second-order valence-corrected chi connectivity index (χ2v) is 11.9. The monoisotopic (exact) mass is 576 g/mol. The summed E-state index contributed by atoms with van der Waals surface area (Å²) in [4.78, 5) is 2.42. The van der Waals surface area contributed by atoms with Crippen LogP contribution in [0, 0.1) is 0 Å². The molecule has 0 N–H and O–H groups in total. The molecule has 0 spiro atoms. The molecule has 40 heavy (non-hydrogen) atoms. The minimum absolute atomic E-state index is 0.692. The van der Waals surface area contributed by atoms with Gasteiger partial charge in [-0.3, -0.25) is 0 Å². The van der Waals surface area contributed by atoms with E-state index in [9.17, 15) is 0 Å². The molecule has 5 rings (SSSR count). The first kappa shape index (κ1) is 28.6. The fourth-order valence-electron chi connectivity index (χ4n) is 4.97. The third-order valence-corrected chi connectivity index (χ3v) is 9.11. The summed E-state index contributed by atoms with van der Waals surface area (Å²) in [5.74, 6) is 3.56. The number of hydrogen-bond acceptors (Lipinski definition) is 6. The first-order valence-electron chi connectivity index (χ1n) is 14.7. The molecule has 3 heterocycles. The zero-order chi connectivity index (χ0) is 27.6. The quantitative estimate of drug-likeness (QED) is 0.196. The molecule has 4 nitrogen and oxygen atoms in total. The Balaban J connectivity index is 1.65. The van der Waals surface area contributed by atoms with Crippen LogP contribution in [-0.4, -0.2) is 26.4 Å². The van der Waals surface area contributed by atoms with E-state index in [1.54, 1.807) is 22.7 Å². The fraction of sp³-hybridized carbons (Fsp3) is 0.412. The highest BCUT2D eigenvalue weighted by Crippen LogP contribution is 2.52. The van der Waals surface area contributed by atoms with Crippen molar-refractivity contribution in [2.45, 2.75) is 65.2 Å². The molecule has 0 atom stereocenters. The zero-order valence-electron chi connectivity index (χ0n) is 23.7. The predicted octanol–water partition coefficient (Wildman–Crippen LogP) is 10.5. The van der Waals surface area contributed by atoms with Crippen LogP contribution in [0.1, 0.15) is 65.2 Å². The maximum Gasteiger partial charge on any atom is 0.130 e. The zero-order valence-corrected chi connectivity index (χ0v) is 25.3. The molecule has 1 aliphatic rings. The summed E-state index contributed by atoms with van der Waals surface area (Å²) in [5, 5.41) is 4.35. The Bertz CT molecular complexity index is 1250. The Morgan fingerprint density at radius 3 is 1.55 bits per heavy atom. The Morgan fingerprint density at radius 1 is 0.625 bits per heavy atom. The van der Waals surface area contributed by atoms with Crippen LogP contribution < -0.4 is 18.9 Å². The predicted molar refractivity (Wildman–Crippen MR) is 169 cm³/mol. The highest BCUT2D eigenvalue weighted by molar-refractivity contribution is 7.21. The van der Waals surface area contributed by atoms with Crippen molar-refractivity contribution in [3.63, 3.8) is 0 Å². The molecule has 0 saturated heterocycles. The van der Waals surface area contributed by atoms with Crippen molar-refractivity contribution in [2.75, 3.05) is 26.4 Å². The van der Waals surface area contributed by atoms with E-state index in [1.807, 2.05) is 0 Å². The Hall–Kier alpha value is -2.96. The van der Waals surface area contributed by atoms with Gasteiger partial charge in [-0.2, -0.15) is 0 Å². The number of unbranched alkanes of at least 4 members (excludes halogenated alkanes) is 2. The lowest BCUT2D eigenvalue weighted by atomic mass is 9.99. The molecular weight excluding hydrogens is 537 g/mol. The third-order valence-electron chi connectivity index (χ3n) is 7.12. The lowest BCUT2D eigenvalue weighted by Crippen LogP contribution is -2.04. The summed E-state index contributed by atoms with van der Waals surface area (Å²) in [6, 6.07) is 16.9. The van der Waals surface area contributed by atoms with Crippen molar-refractivity contribution in [3.05, 3.63) is 59.3 Å². The van der Waals surface area contributed by atoms with Gasteiger partial charge in [-0.25, -0.2) is 0 Å². The first-order chi connectivity index (χ1) is 19.8. The minimum Gasteiger partial charge on any atom is -0.493 e. The van der Waals surface area contributed by atoms with Gasteiger partial charge in [0, 0.05) is 11.1 Å². The van der Waals surface area contributed by atoms with E-state index in [1.165, 1.54) is 9.75 Å². The van der Waals surface area contributed by atoms with Crippen LogP contribution in [0.5, 0.6) is 23.0 Å². The molecule has 2 aromatic carbocycles. The van der Waals surface area contributed by atoms with Gasteiger partial charge in [0.05, 0.1) is 47.3 Å². The largest absolute Gasteiger partial charge is 0.493 e. The highest BCUT2D eigenvalue weighted by atomic mass is 32.1. The molecule has 0 aliphatic carbocycles. The van der Waals surface area contributed by atoms with Gasteiger partial charge in [-0.15, -0.1) is 22.7 Å². The molecule has 6 heteroatoms. The van der Waals surface area contributed by atoms with E-state index >= 15 is 0 Å². The average molecular weight is 577 g/mol. The van der Waals surface area contributed by atoms with Crippen LogP contribution in [0.25, 0.3) is 32.0 Å². The van der Waals surface area contributed by atoms with Gasteiger partial charge in [0.25, 0.3) is 0 Å². The smallest absolute Gasteiger partial charge is 0.130 e. The van der Waals surface area contributed by atoms with E-state index in [4.69, 9.17) is 18.9 Å². The molecule has 212 valence electrons. The normalized spacial score (nSPS) is 13.7. The van der Waals surface area contributed by atoms with Crippen molar-refractivity contribution in [1.82, 2.24) is 0 Å². The molecule has 0 unspecified atom stereocenters. The second-order valence-electron chi connectivity index (χ2n) is 10.1. The van der Waals surface area contributed by atoms with Gasteiger partial charge >= 0.3 is 0 Å². The second kappa shape index (κ2) is 14.6. The van der Waals surface area contributed by atoms with Crippen molar-refractivity contribution < 1.29 is 18.9 Å². The standard InChI is InChI=1S/C34H40O4S2/c1-3-5-19-35-27-13-11-15-29-31(27)25-17-23-39-33(25)34-26(18-24-40-34)32-28(36-20-6-4-2)14-12-16-30(32)38-22-10-8-7-9-21-37-29/h11-18,23-24H,3-10,19-22H2,1-2H3. The maximum atomic E-state index is 6.44. The highest BCUT2D eigenvalue weighted by Gasteiger charge is 2.24. The average Bonchev–Trinajstić information content (AvgIpc) is 3.64. The lowest BCUT2D eigenvalue weighted by Gasteiger charge is -2.19. The van der Waals surface area contributed by atoms with Crippen LogP contribution >= 0.6 is 22.7 Å². The molecule has 0 radical (unpaired) electrons. The molecule has 0 saturated carbocycles. The number of hydrogen-bond donors (Lipinski definition) is 0. The summed E-state index contributed by atoms with van der Waals surface area (Å²) >= 11 is 3.52. The molecular formula is C34H40O4S2.